The van der Waals surface area contributed by atoms with Gasteiger partial charge >= 0.3 is 0 Å². The molecule has 0 atom stereocenters. The van der Waals surface area contributed by atoms with Crippen molar-refractivity contribution in [3.63, 3.8) is 0 Å². The van der Waals surface area contributed by atoms with Crippen molar-refractivity contribution in [1.29, 1.82) is 0 Å². The zero-order chi connectivity index (χ0) is 14.9. The summed E-state index contributed by atoms with van der Waals surface area (Å²) >= 11 is 0. The highest BCUT2D eigenvalue weighted by Crippen LogP contribution is 2.26. The van der Waals surface area contributed by atoms with E-state index in [1.165, 1.54) is 5.56 Å². The van der Waals surface area contributed by atoms with Crippen molar-refractivity contribution in [2.75, 3.05) is 0 Å². The van der Waals surface area contributed by atoms with E-state index >= 15 is 0 Å². The molecule has 0 radical (unpaired) electrons. The number of aryl methyl sites for hydroxylation is 3. The standard InChI is InChI=1S/C18H23FN/c1-12(2)8-15-6-7-20(5)17(11-15)18-14(4)9-13(3)10-16(18)19/h6-7,9-12H,8H2,1-5H3/q+1. The van der Waals surface area contributed by atoms with Crippen molar-refractivity contribution in [2.45, 2.75) is 34.1 Å². The van der Waals surface area contributed by atoms with E-state index in [0.717, 1.165) is 23.2 Å². The third kappa shape index (κ3) is 3.06. The molecule has 1 nitrogen and oxygen atoms in total. The second-order valence-electron chi connectivity index (χ2n) is 6.07. The van der Waals surface area contributed by atoms with E-state index < -0.39 is 0 Å². The van der Waals surface area contributed by atoms with Gasteiger partial charge in [-0.3, -0.25) is 0 Å². The molecule has 0 aliphatic carbocycles. The fourth-order valence-corrected chi connectivity index (χ4v) is 2.70. The largest absolute Gasteiger partial charge is 0.215 e. The summed E-state index contributed by atoms with van der Waals surface area (Å²) in [6, 6.07) is 7.87. The molecule has 0 spiro atoms. The number of aromatic nitrogens is 1. The highest BCUT2D eigenvalue weighted by atomic mass is 19.1. The predicted molar refractivity (Wildman–Crippen MR) is 81.0 cm³/mol. The summed E-state index contributed by atoms with van der Waals surface area (Å²) in [7, 11) is 1.97. The van der Waals surface area contributed by atoms with E-state index in [1.807, 2.05) is 37.7 Å². The maximum atomic E-state index is 14.4. The van der Waals surface area contributed by atoms with Gasteiger partial charge in [0.25, 0.3) is 0 Å². The third-order valence-electron chi connectivity index (χ3n) is 3.55. The van der Waals surface area contributed by atoms with Crippen LogP contribution in [0.4, 0.5) is 4.39 Å². The minimum atomic E-state index is -0.139. The average molecular weight is 272 g/mol. The molecule has 1 aromatic carbocycles. The Labute approximate surface area is 121 Å². The Hall–Kier alpha value is -1.70. The highest BCUT2D eigenvalue weighted by Gasteiger charge is 2.18. The normalized spacial score (nSPS) is 11.2. The first-order valence-electron chi connectivity index (χ1n) is 7.14. The lowest BCUT2D eigenvalue weighted by atomic mass is 9.98. The first kappa shape index (κ1) is 14.7. The molecule has 2 heteroatoms. The third-order valence-corrected chi connectivity index (χ3v) is 3.55. The Morgan fingerprint density at radius 3 is 2.45 bits per heavy atom. The topological polar surface area (TPSA) is 3.88 Å². The molecule has 2 rings (SSSR count). The Bertz CT molecular complexity index is 606. The molecule has 2 aromatic rings. The molecule has 0 unspecified atom stereocenters. The van der Waals surface area contributed by atoms with Crippen LogP contribution in [0.3, 0.4) is 0 Å². The monoisotopic (exact) mass is 272 g/mol. The molecular weight excluding hydrogens is 249 g/mol. The lowest BCUT2D eigenvalue weighted by molar-refractivity contribution is -0.660. The van der Waals surface area contributed by atoms with E-state index in [1.54, 1.807) is 6.07 Å². The zero-order valence-electron chi connectivity index (χ0n) is 13.0. The minimum absolute atomic E-state index is 0.139. The molecule has 0 aliphatic heterocycles. The van der Waals surface area contributed by atoms with Crippen LogP contribution in [0.1, 0.15) is 30.5 Å². The van der Waals surface area contributed by atoms with Crippen LogP contribution in [0.2, 0.25) is 0 Å². The Kier molecular flexibility index (Phi) is 4.22. The van der Waals surface area contributed by atoms with Crippen LogP contribution in [0.25, 0.3) is 11.3 Å². The number of nitrogens with zero attached hydrogens (tertiary/aromatic N) is 1. The number of hydrogen-bond acceptors (Lipinski definition) is 0. The van der Waals surface area contributed by atoms with Gasteiger partial charge in [0.1, 0.15) is 12.9 Å². The maximum Gasteiger partial charge on any atom is 0.215 e. The highest BCUT2D eigenvalue weighted by molar-refractivity contribution is 5.63. The Morgan fingerprint density at radius 1 is 1.15 bits per heavy atom. The Balaban J connectivity index is 2.57. The summed E-state index contributed by atoms with van der Waals surface area (Å²) in [5, 5.41) is 0. The van der Waals surface area contributed by atoms with Gasteiger partial charge in [0.2, 0.25) is 5.69 Å². The van der Waals surface area contributed by atoms with Gasteiger partial charge in [-0.15, -0.1) is 0 Å². The molecule has 0 fully saturated rings. The Morgan fingerprint density at radius 2 is 1.85 bits per heavy atom. The van der Waals surface area contributed by atoms with Gasteiger partial charge in [-0.25, -0.2) is 8.96 Å². The maximum absolute atomic E-state index is 14.4. The number of rotatable bonds is 3. The molecule has 0 aliphatic rings. The van der Waals surface area contributed by atoms with Gasteiger partial charge in [0, 0.05) is 12.1 Å². The molecule has 20 heavy (non-hydrogen) atoms. The molecule has 0 N–H and O–H groups in total. The first-order chi connectivity index (χ1) is 9.38. The van der Waals surface area contributed by atoms with Gasteiger partial charge in [-0.2, -0.15) is 0 Å². The van der Waals surface area contributed by atoms with Crippen LogP contribution < -0.4 is 4.57 Å². The van der Waals surface area contributed by atoms with E-state index in [2.05, 4.69) is 26.0 Å². The molecular formula is C18H23FN+. The van der Waals surface area contributed by atoms with Crippen molar-refractivity contribution in [3.8, 4) is 11.3 Å². The van der Waals surface area contributed by atoms with Gasteiger partial charge in [-0.05, 0) is 48.9 Å². The molecule has 0 saturated carbocycles. The number of halogens is 1. The van der Waals surface area contributed by atoms with Gasteiger partial charge in [0.15, 0.2) is 6.20 Å². The van der Waals surface area contributed by atoms with Crippen molar-refractivity contribution in [2.24, 2.45) is 13.0 Å². The predicted octanol–water partition coefficient (Wildman–Crippen LogP) is 4.13. The van der Waals surface area contributed by atoms with Gasteiger partial charge in [0.05, 0.1) is 5.56 Å². The summed E-state index contributed by atoms with van der Waals surface area (Å²) < 4.78 is 16.3. The van der Waals surface area contributed by atoms with Crippen molar-refractivity contribution in [3.05, 3.63) is 53.0 Å². The van der Waals surface area contributed by atoms with Crippen LogP contribution in [0.5, 0.6) is 0 Å². The second-order valence-corrected chi connectivity index (χ2v) is 6.07. The summed E-state index contributed by atoms with van der Waals surface area (Å²) in [6.45, 7) is 8.30. The first-order valence-corrected chi connectivity index (χ1v) is 7.14. The smallest absolute Gasteiger partial charge is 0.206 e. The quantitative estimate of drug-likeness (QED) is 0.740. The molecule has 0 amide bonds. The molecule has 1 aromatic heterocycles. The molecule has 106 valence electrons. The fraction of sp³-hybridized carbons (Fsp3) is 0.389. The van der Waals surface area contributed by atoms with Crippen LogP contribution in [-0.2, 0) is 13.5 Å². The SMILES string of the molecule is Cc1cc(C)c(-c2cc(CC(C)C)cc[n+]2C)c(F)c1. The summed E-state index contributed by atoms with van der Waals surface area (Å²) in [5.41, 5.74) is 4.86. The summed E-state index contributed by atoms with van der Waals surface area (Å²) in [4.78, 5) is 0. The van der Waals surface area contributed by atoms with Gasteiger partial charge in [-0.1, -0.05) is 19.9 Å². The van der Waals surface area contributed by atoms with Crippen molar-refractivity contribution in [1.82, 2.24) is 0 Å². The van der Waals surface area contributed by atoms with Crippen molar-refractivity contribution >= 4 is 0 Å². The van der Waals surface area contributed by atoms with Crippen molar-refractivity contribution < 1.29 is 8.96 Å². The average Bonchev–Trinajstić information content (AvgIpc) is 2.31. The fourth-order valence-electron chi connectivity index (χ4n) is 2.70. The van der Waals surface area contributed by atoms with Gasteiger partial charge < -0.3 is 0 Å². The van der Waals surface area contributed by atoms with E-state index in [0.29, 0.717) is 11.5 Å². The van der Waals surface area contributed by atoms with Crippen LogP contribution in [0.15, 0.2) is 30.5 Å². The van der Waals surface area contributed by atoms with Crippen LogP contribution in [-0.4, -0.2) is 0 Å². The number of pyridine rings is 1. The second kappa shape index (κ2) is 5.74. The van der Waals surface area contributed by atoms with Crippen LogP contribution in [0, 0.1) is 25.6 Å². The van der Waals surface area contributed by atoms with E-state index in [-0.39, 0.29) is 5.82 Å². The number of hydrogen-bond donors (Lipinski definition) is 0. The number of benzene rings is 1. The lowest BCUT2D eigenvalue weighted by Gasteiger charge is -2.10. The minimum Gasteiger partial charge on any atom is -0.206 e. The summed E-state index contributed by atoms with van der Waals surface area (Å²) in [5.74, 6) is 0.458. The lowest BCUT2D eigenvalue weighted by Crippen LogP contribution is -2.31. The molecule has 0 bridgehead atoms. The van der Waals surface area contributed by atoms with E-state index in [9.17, 15) is 4.39 Å². The summed E-state index contributed by atoms with van der Waals surface area (Å²) in [6.07, 6.45) is 3.03. The van der Waals surface area contributed by atoms with E-state index in [4.69, 9.17) is 0 Å². The van der Waals surface area contributed by atoms with Crippen LogP contribution >= 0.6 is 0 Å². The molecule has 1 heterocycles. The zero-order valence-corrected chi connectivity index (χ0v) is 13.0. The molecule has 0 saturated heterocycles.